The van der Waals surface area contributed by atoms with Crippen molar-refractivity contribution in [3.05, 3.63) is 39.8 Å². The first-order valence-electron chi connectivity index (χ1n) is 11.0. The fourth-order valence-corrected chi connectivity index (χ4v) is 4.84. The molecule has 31 heavy (non-hydrogen) atoms. The zero-order valence-corrected chi connectivity index (χ0v) is 19.4. The van der Waals surface area contributed by atoms with E-state index < -0.39 is 0 Å². The molecular formula is C23H32N4O3S. The van der Waals surface area contributed by atoms with Crippen LogP contribution >= 0.6 is 11.3 Å². The van der Waals surface area contributed by atoms with Gasteiger partial charge in [0.25, 0.3) is 0 Å². The summed E-state index contributed by atoms with van der Waals surface area (Å²) in [6.07, 6.45) is 1.90. The average molecular weight is 445 g/mol. The molecule has 0 amide bonds. The molecule has 0 unspecified atom stereocenters. The van der Waals surface area contributed by atoms with E-state index in [-0.39, 0.29) is 5.41 Å². The van der Waals surface area contributed by atoms with Gasteiger partial charge in [0, 0.05) is 37.1 Å². The molecule has 8 heteroatoms. The van der Waals surface area contributed by atoms with E-state index in [1.807, 2.05) is 6.07 Å². The van der Waals surface area contributed by atoms with Crippen LogP contribution in [0.2, 0.25) is 0 Å². The summed E-state index contributed by atoms with van der Waals surface area (Å²) in [5.74, 6) is 2.90. The van der Waals surface area contributed by atoms with Gasteiger partial charge >= 0.3 is 0 Å². The lowest BCUT2D eigenvalue weighted by molar-refractivity contribution is 0.0513. The van der Waals surface area contributed by atoms with Gasteiger partial charge in [-0.25, -0.2) is 9.98 Å². The van der Waals surface area contributed by atoms with Crippen molar-refractivity contribution < 1.29 is 14.2 Å². The Morgan fingerprint density at radius 1 is 1.19 bits per heavy atom. The van der Waals surface area contributed by atoms with Gasteiger partial charge in [-0.2, -0.15) is 0 Å². The Morgan fingerprint density at radius 2 is 2.00 bits per heavy atom. The van der Waals surface area contributed by atoms with Crippen molar-refractivity contribution in [3.63, 3.8) is 0 Å². The maximum Gasteiger partial charge on any atom is 0.231 e. The summed E-state index contributed by atoms with van der Waals surface area (Å²) in [5.41, 5.74) is 2.35. The number of nitrogens with one attached hydrogen (secondary N) is 2. The molecule has 1 aromatic heterocycles. The molecule has 1 fully saturated rings. The highest BCUT2D eigenvalue weighted by atomic mass is 32.1. The minimum Gasteiger partial charge on any atom is -0.454 e. The summed E-state index contributed by atoms with van der Waals surface area (Å²) in [6.45, 7) is 10.4. The molecule has 1 saturated heterocycles. The van der Waals surface area contributed by atoms with Crippen LogP contribution in [0.15, 0.2) is 28.6 Å². The van der Waals surface area contributed by atoms with Gasteiger partial charge in [-0.15, -0.1) is 11.3 Å². The van der Waals surface area contributed by atoms with Crippen LogP contribution in [0.4, 0.5) is 0 Å². The molecule has 7 nitrogen and oxygen atoms in total. The first-order valence-corrected chi connectivity index (χ1v) is 11.9. The van der Waals surface area contributed by atoms with Crippen molar-refractivity contribution in [1.82, 2.24) is 15.6 Å². The van der Waals surface area contributed by atoms with Gasteiger partial charge in [0.05, 0.1) is 12.2 Å². The first kappa shape index (κ1) is 21.9. The van der Waals surface area contributed by atoms with Gasteiger partial charge in [-0.1, -0.05) is 19.9 Å². The molecule has 2 aromatic rings. The number of thiazole rings is 1. The molecule has 0 aliphatic carbocycles. The van der Waals surface area contributed by atoms with Crippen molar-refractivity contribution in [1.29, 1.82) is 0 Å². The summed E-state index contributed by atoms with van der Waals surface area (Å²) >= 11 is 1.68. The van der Waals surface area contributed by atoms with Crippen LogP contribution < -0.4 is 20.1 Å². The van der Waals surface area contributed by atoms with E-state index in [2.05, 4.69) is 48.9 Å². The van der Waals surface area contributed by atoms with E-state index in [0.29, 0.717) is 19.3 Å². The predicted molar refractivity (Wildman–Crippen MR) is 123 cm³/mol. The van der Waals surface area contributed by atoms with Crippen LogP contribution in [-0.4, -0.2) is 44.0 Å². The molecule has 3 heterocycles. The molecule has 0 saturated carbocycles. The monoisotopic (exact) mass is 444 g/mol. The average Bonchev–Trinajstić information content (AvgIpc) is 3.45. The minimum atomic E-state index is -0.0403. The number of fused-ring (bicyclic) bond motifs is 1. The molecular weight excluding hydrogens is 412 g/mol. The fraction of sp³-hybridized carbons (Fsp3) is 0.565. The number of aromatic nitrogens is 1. The Hall–Kier alpha value is -2.32. The molecule has 168 valence electrons. The van der Waals surface area contributed by atoms with E-state index >= 15 is 0 Å². The number of ether oxygens (including phenoxy) is 3. The zero-order chi connectivity index (χ0) is 21.7. The summed E-state index contributed by atoms with van der Waals surface area (Å²) in [4.78, 5) is 9.49. The second kappa shape index (κ2) is 9.87. The summed E-state index contributed by atoms with van der Waals surface area (Å²) in [7, 11) is 0. The van der Waals surface area contributed by atoms with E-state index in [1.165, 1.54) is 5.56 Å². The lowest BCUT2D eigenvalue weighted by atomic mass is 9.74. The Balaban J connectivity index is 1.49. The molecule has 2 aliphatic heterocycles. The highest BCUT2D eigenvalue weighted by Gasteiger charge is 2.35. The molecule has 2 aliphatic rings. The third-order valence-electron chi connectivity index (χ3n) is 5.91. The number of hydrogen-bond donors (Lipinski definition) is 2. The van der Waals surface area contributed by atoms with Gasteiger partial charge in [0.15, 0.2) is 17.5 Å². The maximum absolute atomic E-state index is 5.68. The molecule has 2 N–H and O–H groups in total. The molecule has 1 aromatic carbocycles. The van der Waals surface area contributed by atoms with Crippen LogP contribution in [0.1, 0.15) is 55.8 Å². The Morgan fingerprint density at radius 3 is 2.74 bits per heavy atom. The van der Waals surface area contributed by atoms with E-state index in [4.69, 9.17) is 24.2 Å². The van der Waals surface area contributed by atoms with Gasteiger partial charge in [-0.05, 0) is 43.4 Å². The molecule has 0 bridgehead atoms. The SMILES string of the molecule is CCNC(=NCc1nc(C(C)C)cs1)NCC1(c2ccc3c(c2)OCO3)CCOCC1. The summed E-state index contributed by atoms with van der Waals surface area (Å²) in [5, 5.41) is 10.1. The normalized spacial score (nSPS) is 17.7. The smallest absolute Gasteiger partial charge is 0.231 e. The summed E-state index contributed by atoms with van der Waals surface area (Å²) < 4.78 is 16.8. The third-order valence-corrected chi connectivity index (χ3v) is 6.76. The first-order chi connectivity index (χ1) is 15.1. The van der Waals surface area contributed by atoms with Crippen molar-refractivity contribution in [2.75, 3.05) is 33.1 Å². The second-order valence-electron chi connectivity index (χ2n) is 8.33. The molecule has 0 spiro atoms. The van der Waals surface area contributed by atoms with Gasteiger partial charge in [0.2, 0.25) is 6.79 Å². The number of guanidine groups is 1. The molecule has 4 rings (SSSR count). The number of benzene rings is 1. The zero-order valence-electron chi connectivity index (χ0n) is 18.6. The quantitative estimate of drug-likeness (QED) is 0.500. The molecule has 0 radical (unpaired) electrons. The van der Waals surface area contributed by atoms with Crippen LogP contribution in [-0.2, 0) is 16.7 Å². The van der Waals surface area contributed by atoms with E-state index in [0.717, 1.165) is 67.3 Å². The molecule has 0 atom stereocenters. The minimum absolute atomic E-state index is 0.0403. The van der Waals surface area contributed by atoms with Crippen molar-refractivity contribution >= 4 is 17.3 Å². The highest BCUT2D eigenvalue weighted by molar-refractivity contribution is 7.09. The maximum atomic E-state index is 5.68. The number of hydrogen-bond acceptors (Lipinski definition) is 6. The third kappa shape index (κ3) is 5.13. The number of rotatable bonds is 7. The van der Waals surface area contributed by atoms with Crippen LogP contribution in [0, 0.1) is 0 Å². The Labute approximate surface area is 188 Å². The lowest BCUT2D eigenvalue weighted by Crippen LogP contribution is -2.48. The summed E-state index contributed by atoms with van der Waals surface area (Å²) in [6, 6.07) is 6.30. The van der Waals surface area contributed by atoms with Gasteiger partial charge in [0.1, 0.15) is 5.01 Å². The predicted octanol–water partition coefficient (Wildman–Crippen LogP) is 3.80. The van der Waals surface area contributed by atoms with Crippen LogP contribution in [0.25, 0.3) is 0 Å². The van der Waals surface area contributed by atoms with E-state index in [9.17, 15) is 0 Å². The van der Waals surface area contributed by atoms with Gasteiger partial charge < -0.3 is 24.8 Å². The van der Waals surface area contributed by atoms with Crippen LogP contribution in [0.3, 0.4) is 0 Å². The standard InChI is InChI=1S/C23H32N4O3S/c1-4-24-22(25-12-21-27-18(13-31-21)16(2)3)26-14-23(7-9-28-10-8-23)17-5-6-19-20(11-17)30-15-29-19/h5-6,11,13,16H,4,7-10,12,14-15H2,1-3H3,(H2,24,25,26). The van der Waals surface area contributed by atoms with Crippen molar-refractivity contribution in [2.24, 2.45) is 4.99 Å². The second-order valence-corrected chi connectivity index (χ2v) is 9.27. The van der Waals surface area contributed by atoms with Crippen molar-refractivity contribution in [2.45, 2.75) is 51.5 Å². The highest BCUT2D eigenvalue weighted by Crippen LogP contribution is 2.40. The fourth-order valence-electron chi connectivity index (χ4n) is 3.96. The van der Waals surface area contributed by atoms with Gasteiger partial charge in [-0.3, -0.25) is 0 Å². The largest absolute Gasteiger partial charge is 0.454 e. The Kier molecular flexibility index (Phi) is 6.97. The van der Waals surface area contributed by atoms with E-state index in [1.54, 1.807) is 11.3 Å². The Bertz CT molecular complexity index is 906. The van der Waals surface area contributed by atoms with Crippen molar-refractivity contribution in [3.8, 4) is 11.5 Å². The lowest BCUT2D eigenvalue weighted by Gasteiger charge is -2.38. The number of nitrogens with zero attached hydrogens (tertiary/aromatic N) is 2. The van der Waals surface area contributed by atoms with Crippen LogP contribution in [0.5, 0.6) is 11.5 Å². The topological polar surface area (TPSA) is 77.0 Å². The number of aliphatic imine (C=N–C) groups is 1.